The molecular weight excluding hydrogens is 441 g/mol. The van der Waals surface area contributed by atoms with E-state index in [4.69, 9.17) is 0 Å². The second-order valence-corrected chi connectivity index (χ2v) is 8.50. The van der Waals surface area contributed by atoms with Crippen molar-refractivity contribution in [2.45, 2.75) is 46.1 Å². The molecule has 0 saturated carbocycles. The molecule has 1 amide bonds. The van der Waals surface area contributed by atoms with Crippen molar-refractivity contribution in [2.75, 3.05) is 26.2 Å². The highest BCUT2D eigenvalue weighted by Gasteiger charge is 2.32. The lowest BCUT2D eigenvalue weighted by Crippen LogP contribution is -2.36. The number of fused-ring (bicyclic) bond motifs is 2. The number of halogens is 2. The maximum atomic E-state index is 13.5. The molecule has 2 fully saturated rings. The van der Waals surface area contributed by atoms with Crippen molar-refractivity contribution in [3.05, 3.63) is 38.2 Å². The molecule has 2 N–H and O–H groups in total. The summed E-state index contributed by atoms with van der Waals surface area (Å²) in [7, 11) is 0. The summed E-state index contributed by atoms with van der Waals surface area (Å²) in [4.78, 5) is 47.3. The van der Waals surface area contributed by atoms with E-state index in [2.05, 4.69) is 15.3 Å². The van der Waals surface area contributed by atoms with Crippen LogP contribution in [0.5, 0.6) is 0 Å². The lowest BCUT2D eigenvalue weighted by atomic mass is 9.92. The third-order valence-electron chi connectivity index (χ3n) is 6.41. The van der Waals surface area contributed by atoms with Crippen LogP contribution in [0, 0.1) is 11.8 Å². The van der Waals surface area contributed by atoms with Gasteiger partial charge in [0.1, 0.15) is 0 Å². The average molecular weight is 472 g/mol. The van der Waals surface area contributed by atoms with Gasteiger partial charge in [0.2, 0.25) is 0 Å². The van der Waals surface area contributed by atoms with E-state index in [1.54, 1.807) is 6.07 Å². The van der Waals surface area contributed by atoms with E-state index in [9.17, 15) is 14.4 Å². The summed E-state index contributed by atoms with van der Waals surface area (Å²) < 4.78 is 1.43. The van der Waals surface area contributed by atoms with Crippen LogP contribution in [0.2, 0.25) is 0 Å². The fourth-order valence-corrected chi connectivity index (χ4v) is 4.64. The molecule has 0 aromatic carbocycles. The van der Waals surface area contributed by atoms with Crippen LogP contribution in [0.1, 0.15) is 55.6 Å². The SMILES string of the molecule is CCn1c(=O)[nH]c(=O)c2c(C(=O)N3CC[C@@H]4CNC[C@@H]4CC3)cc(C(C)C)nc21.Cl.Cl. The molecule has 172 valence electrons. The Bertz CT molecular complexity index is 1050. The summed E-state index contributed by atoms with van der Waals surface area (Å²) in [5, 5.41) is 3.66. The normalized spacial score (nSPS) is 20.7. The van der Waals surface area contributed by atoms with Crippen LogP contribution in [0.25, 0.3) is 11.0 Å². The summed E-state index contributed by atoms with van der Waals surface area (Å²) in [5.74, 6) is 1.16. The predicted molar refractivity (Wildman–Crippen MR) is 126 cm³/mol. The fraction of sp³-hybridized carbons (Fsp3) is 0.619. The topological polar surface area (TPSA) is 100 Å². The van der Waals surface area contributed by atoms with Gasteiger partial charge in [0, 0.05) is 25.3 Å². The van der Waals surface area contributed by atoms with Gasteiger partial charge in [-0.2, -0.15) is 0 Å². The zero-order chi connectivity index (χ0) is 20.7. The second kappa shape index (κ2) is 10.1. The number of amides is 1. The quantitative estimate of drug-likeness (QED) is 0.713. The van der Waals surface area contributed by atoms with Crippen LogP contribution in [-0.2, 0) is 6.54 Å². The smallest absolute Gasteiger partial charge is 0.329 e. The van der Waals surface area contributed by atoms with E-state index in [1.807, 2.05) is 25.7 Å². The summed E-state index contributed by atoms with van der Waals surface area (Å²) in [6, 6.07) is 1.74. The lowest BCUT2D eigenvalue weighted by Gasteiger charge is -2.22. The predicted octanol–water partition coefficient (Wildman–Crippen LogP) is 2.14. The molecule has 2 aromatic heterocycles. The van der Waals surface area contributed by atoms with E-state index in [0.717, 1.165) is 25.9 Å². The Morgan fingerprint density at radius 2 is 1.77 bits per heavy atom. The van der Waals surface area contributed by atoms with Gasteiger partial charge in [-0.15, -0.1) is 24.8 Å². The number of aryl methyl sites for hydroxylation is 1. The van der Waals surface area contributed by atoms with E-state index < -0.39 is 11.2 Å². The van der Waals surface area contributed by atoms with E-state index in [0.29, 0.717) is 48.4 Å². The number of carbonyl (C=O) groups is 1. The highest BCUT2D eigenvalue weighted by molar-refractivity contribution is 6.05. The van der Waals surface area contributed by atoms with Gasteiger partial charge in [0.15, 0.2) is 5.65 Å². The number of nitrogens with zero attached hydrogens (tertiary/aromatic N) is 3. The molecule has 2 saturated heterocycles. The average Bonchev–Trinajstić information content (AvgIpc) is 3.05. The first-order valence-corrected chi connectivity index (χ1v) is 10.6. The van der Waals surface area contributed by atoms with Crippen molar-refractivity contribution < 1.29 is 4.79 Å². The molecule has 0 spiro atoms. The Balaban J connectivity index is 0.00000171. The van der Waals surface area contributed by atoms with Crippen LogP contribution >= 0.6 is 24.8 Å². The number of H-pyrrole nitrogens is 1. The van der Waals surface area contributed by atoms with Crippen molar-refractivity contribution in [3.8, 4) is 0 Å². The van der Waals surface area contributed by atoms with Crippen LogP contribution in [0.3, 0.4) is 0 Å². The van der Waals surface area contributed by atoms with E-state index in [1.165, 1.54) is 4.57 Å². The van der Waals surface area contributed by atoms with Crippen molar-refractivity contribution in [2.24, 2.45) is 11.8 Å². The first kappa shape index (κ1) is 25.4. The molecule has 2 aromatic rings. The molecule has 0 aliphatic carbocycles. The van der Waals surface area contributed by atoms with Crippen LogP contribution in [0.15, 0.2) is 15.7 Å². The highest BCUT2D eigenvalue weighted by atomic mass is 35.5. The molecule has 2 aliphatic rings. The third-order valence-corrected chi connectivity index (χ3v) is 6.41. The number of aromatic nitrogens is 3. The van der Waals surface area contributed by atoms with Gasteiger partial charge in [-0.25, -0.2) is 9.78 Å². The van der Waals surface area contributed by atoms with Crippen molar-refractivity contribution >= 4 is 41.8 Å². The van der Waals surface area contributed by atoms with Crippen LogP contribution in [0.4, 0.5) is 0 Å². The lowest BCUT2D eigenvalue weighted by molar-refractivity contribution is 0.0760. The molecule has 31 heavy (non-hydrogen) atoms. The number of hydrogen-bond donors (Lipinski definition) is 2. The van der Waals surface area contributed by atoms with Crippen LogP contribution in [-0.4, -0.2) is 51.5 Å². The minimum Gasteiger partial charge on any atom is -0.339 e. The Morgan fingerprint density at radius 3 is 2.32 bits per heavy atom. The highest BCUT2D eigenvalue weighted by Crippen LogP contribution is 2.28. The Kier molecular flexibility index (Phi) is 8.30. The monoisotopic (exact) mass is 471 g/mol. The van der Waals surface area contributed by atoms with Gasteiger partial charge >= 0.3 is 5.69 Å². The summed E-state index contributed by atoms with van der Waals surface area (Å²) >= 11 is 0. The first-order valence-electron chi connectivity index (χ1n) is 10.6. The molecular formula is C21H31Cl2N5O3. The molecule has 2 aliphatic heterocycles. The van der Waals surface area contributed by atoms with Gasteiger partial charge in [-0.3, -0.25) is 19.1 Å². The van der Waals surface area contributed by atoms with E-state index >= 15 is 0 Å². The number of hydrogen-bond acceptors (Lipinski definition) is 5. The van der Waals surface area contributed by atoms with Crippen molar-refractivity contribution in [1.29, 1.82) is 0 Å². The molecule has 2 atom stereocenters. The molecule has 0 radical (unpaired) electrons. The molecule has 0 unspecified atom stereocenters. The van der Waals surface area contributed by atoms with Crippen LogP contribution < -0.4 is 16.6 Å². The summed E-state index contributed by atoms with van der Waals surface area (Å²) in [6.07, 6.45) is 1.94. The number of rotatable bonds is 3. The van der Waals surface area contributed by atoms with Crippen molar-refractivity contribution in [3.63, 3.8) is 0 Å². The van der Waals surface area contributed by atoms with Gasteiger partial charge < -0.3 is 10.2 Å². The zero-order valence-corrected chi connectivity index (χ0v) is 19.8. The maximum Gasteiger partial charge on any atom is 0.329 e. The maximum absolute atomic E-state index is 13.5. The molecule has 0 bridgehead atoms. The fourth-order valence-electron chi connectivity index (χ4n) is 4.64. The van der Waals surface area contributed by atoms with E-state index in [-0.39, 0.29) is 42.0 Å². The first-order chi connectivity index (χ1) is 13.9. The summed E-state index contributed by atoms with van der Waals surface area (Å²) in [6.45, 7) is 9.59. The zero-order valence-electron chi connectivity index (χ0n) is 18.1. The number of aromatic amines is 1. The number of likely N-dealkylation sites (tertiary alicyclic amines) is 1. The Hall–Kier alpha value is -1.90. The molecule has 8 nitrogen and oxygen atoms in total. The Labute approximate surface area is 193 Å². The third kappa shape index (κ3) is 4.66. The number of pyridine rings is 1. The minimum atomic E-state index is -0.545. The van der Waals surface area contributed by atoms with Gasteiger partial charge in [0.25, 0.3) is 11.5 Å². The number of carbonyl (C=O) groups excluding carboxylic acids is 1. The largest absolute Gasteiger partial charge is 0.339 e. The van der Waals surface area contributed by atoms with Gasteiger partial charge in [0.05, 0.1) is 10.9 Å². The Morgan fingerprint density at radius 1 is 1.16 bits per heavy atom. The standard InChI is InChI=1S/C21H29N5O3.2ClH/c1-4-26-18-17(19(27)24-21(26)29)15(9-16(23-18)12(2)3)20(28)25-7-5-13-10-22-11-14(13)6-8-25;;/h9,12-14,22H,4-8,10-11H2,1-3H3,(H,24,27,29);2*1H/t13-,14+;;. The molecule has 4 rings (SSSR count). The molecule has 10 heteroatoms. The molecule has 4 heterocycles. The minimum absolute atomic E-state index is 0. The second-order valence-electron chi connectivity index (χ2n) is 8.50. The van der Waals surface area contributed by atoms with Crippen molar-refractivity contribution in [1.82, 2.24) is 24.8 Å². The van der Waals surface area contributed by atoms with Gasteiger partial charge in [-0.05, 0) is 56.7 Å². The van der Waals surface area contributed by atoms with Gasteiger partial charge in [-0.1, -0.05) is 13.8 Å². The summed E-state index contributed by atoms with van der Waals surface area (Å²) in [5.41, 5.74) is 0.326. The number of nitrogens with one attached hydrogen (secondary N) is 2.